The van der Waals surface area contributed by atoms with E-state index in [1.54, 1.807) is 18.7 Å². The largest absolute Gasteiger partial charge is 0.480 e. The average Bonchev–Trinajstić information content (AvgIpc) is 2.22. The second-order valence-corrected chi connectivity index (χ2v) is 4.00. The normalized spacial score (nSPS) is 12.2. The highest BCUT2D eigenvalue weighted by molar-refractivity contribution is 7.98. The van der Waals surface area contributed by atoms with Gasteiger partial charge in [0, 0.05) is 6.54 Å². The number of carboxylic acids is 1. The fourth-order valence-electron chi connectivity index (χ4n) is 1.33. The number of hydrogen-bond acceptors (Lipinski definition) is 4. The second-order valence-electron chi connectivity index (χ2n) is 3.02. The Morgan fingerprint density at radius 3 is 2.47 bits per heavy atom. The third kappa shape index (κ3) is 4.53. The molecule has 0 aromatic rings. The zero-order valence-electron chi connectivity index (χ0n) is 9.10. The van der Waals surface area contributed by atoms with E-state index in [0.29, 0.717) is 18.7 Å². The van der Waals surface area contributed by atoms with Crippen molar-refractivity contribution in [1.82, 2.24) is 4.90 Å². The SMILES string of the molecule is CCN(C(=O)CN)[C@@H](CCSC)C(=O)O. The molecule has 0 saturated carbocycles. The average molecular weight is 234 g/mol. The van der Waals surface area contributed by atoms with Crippen LogP contribution in [0.3, 0.4) is 0 Å². The lowest BCUT2D eigenvalue weighted by Crippen LogP contribution is -2.47. The molecule has 0 bridgehead atoms. The van der Waals surface area contributed by atoms with Crippen LogP contribution in [0.1, 0.15) is 13.3 Å². The Bertz CT molecular complexity index is 223. The minimum Gasteiger partial charge on any atom is -0.480 e. The van der Waals surface area contributed by atoms with E-state index in [2.05, 4.69) is 0 Å². The van der Waals surface area contributed by atoms with Crippen LogP contribution in [0.5, 0.6) is 0 Å². The van der Waals surface area contributed by atoms with Crippen molar-refractivity contribution < 1.29 is 14.7 Å². The lowest BCUT2D eigenvalue weighted by molar-refractivity contribution is -0.149. The lowest BCUT2D eigenvalue weighted by atomic mass is 10.2. The van der Waals surface area contributed by atoms with Gasteiger partial charge >= 0.3 is 5.97 Å². The van der Waals surface area contributed by atoms with Crippen molar-refractivity contribution in [2.24, 2.45) is 5.73 Å². The first-order valence-corrected chi connectivity index (χ1v) is 6.19. The van der Waals surface area contributed by atoms with Gasteiger partial charge < -0.3 is 15.7 Å². The van der Waals surface area contributed by atoms with Crippen molar-refractivity contribution in [3.8, 4) is 0 Å². The number of carbonyl (C=O) groups is 2. The molecule has 0 fully saturated rings. The molecule has 0 saturated heterocycles. The van der Waals surface area contributed by atoms with E-state index >= 15 is 0 Å². The van der Waals surface area contributed by atoms with Gasteiger partial charge in [0.25, 0.3) is 0 Å². The molecule has 0 aliphatic heterocycles. The first-order valence-electron chi connectivity index (χ1n) is 4.79. The minimum absolute atomic E-state index is 0.142. The molecule has 0 spiro atoms. The number of amides is 1. The van der Waals surface area contributed by atoms with Crippen LogP contribution in [-0.2, 0) is 9.59 Å². The molecule has 1 amide bonds. The summed E-state index contributed by atoms with van der Waals surface area (Å²) in [6, 6.07) is -0.751. The third-order valence-electron chi connectivity index (χ3n) is 2.09. The van der Waals surface area contributed by atoms with Gasteiger partial charge in [0.1, 0.15) is 6.04 Å². The third-order valence-corrected chi connectivity index (χ3v) is 2.74. The summed E-state index contributed by atoms with van der Waals surface area (Å²) in [6.45, 7) is 1.99. The fraction of sp³-hybridized carbons (Fsp3) is 0.778. The number of rotatable bonds is 7. The molecule has 0 heterocycles. The number of thioether (sulfide) groups is 1. The van der Waals surface area contributed by atoms with Crippen LogP contribution in [0.4, 0.5) is 0 Å². The van der Waals surface area contributed by atoms with Gasteiger partial charge in [-0.2, -0.15) is 11.8 Å². The van der Waals surface area contributed by atoms with Gasteiger partial charge in [-0.05, 0) is 25.4 Å². The molecule has 0 radical (unpaired) electrons. The quantitative estimate of drug-likeness (QED) is 0.648. The molecule has 1 atom stereocenters. The van der Waals surface area contributed by atoms with Crippen LogP contribution in [0.25, 0.3) is 0 Å². The van der Waals surface area contributed by atoms with E-state index in [-0.39, 0.29) is 12.5 Å². The lowest BCUT2D eigenvalue weighted by Gasteiger charge is -2.27. The van der Waals surface area contributed by atoms with Crippen LogP contribution >= 0.6 is 11.8 Å². The molecule has 0 unspecified atom stereocenters. The van der Waals surface area contributed by atoms with Gasteiger partial charge in [-0.15, -0.1) is 0 Å². The molecular formula is C9H18N2O3S. The van der Waals surface area contributed by atoms with Crippen molar-refractivity contribution in [3.63, 3.8) is 0 Å². The number of nitrogens with two attached hydrogens (primary N) is 1. The predicted molar refractivity (Wildman–Crippen MR) is 60.9 cm³/mol. The zero-order chi connectivity index (χ0) is 11.8. The smallest absolute Gasteiger partial charge is 0.326 e. The maximum Gasteiger partial charge on any atom is 0.326 e. The summed E-state index contributed by atoms with van der Waals surface area (Å²) >= 11 is 1.56. The Labute approximate surface area is 94.0 Å². The van der Waals surface area contributed by atoms with Gasteiger partial charge in [0.2, 0.25) is 5.91 Å². The van der Waals surface area contributed by atoms with E-state index in [9.17, 15) is 9.59 Å². The van der Waals surface area contributed by atoms with Crippen molar-refractivity contribution in [1.29, 1.82) is 0 Å². The van der Waals surface area contributed by atoms with Crippen LogP contribution in [0.2, 0.25) is 0 Å². The fourth-order valence-corrected chi connectivity index (χ4v) is 1.79. The number of carboxylic acid groups (broad SMARTS) is 1. The Morgan fingerprint density at radius 1 is 1.53 bits per heavy atom. The molecule has 6 heteroatoms. The van der Waals surface area contributed by atoms with Gasteiger partial charge in [-0.25, -0.2) is 4.79 Å². The molecular weight excluding hydrogens is 216 g/mol. The summed E-state index contributed by atoms with van der Waals surface area (Å²) in [4.78, 5) is 23.7. The van der Waals surface area contributed by atoms with E-state index in [4.69, 9.17) is 10.8 Å². The standard InChI is InChI=1S/C9H18N2O3S/c1-3-11(8(12)6-10)7(9(13)14)4-5-15-2/h7H,3-6,10H2,1-2H3,(H,13,14)/t7-/m0/s1. The summed E-state index contributed by atoms with van der Waals surface area (Å²) in [5.74, 6) is -0.565. The molecule has 15 heavy (non-hydrogen) atoms. The zero-order valence-corrected chi connectivity index (χ0v) is 9.92. The molecule has 5 nitrogen and oxygen atoms in total. The number of hydrogen-bond donors (Lipinski definition) is 2. The van der Waals surface area contributed by atoms with Crippen molar-refractivity contribution in [2.75, 3.05) is 25.1 Å². The first kappa shape index (κ1) is 14.2. The summed E-state index contributed by atoms with van der Waals surface area (Å²) in [6.07, 6.45) is 2.36. The summed E-state index contributed by atoms with van der Waals surface area (Å²) < 4.78 is 0. The highest BCUT2D eigenvalue weighted by Gasteiger charge is 2.26. The van der Waals surface area contributed by atoms with Crippen molar-refractivity contribution in [3.05, 3.63) is 0 Å². The Kier molecular flexibility index (Phi) is 7.15. The molecule has 0 rings (SSSR count). The number of nitrogens with zero attached hydrogens (tertiary/aromatic N) is 1. The Morgan fingerprint density at radius 2 is 2.13 bits per heavy atom. The maximum absolute atomic E-state index is 11.4. The minimum atomic E-state index is -0.965. The first-order chi connectivity index (χ1) is 7.08. The van der Waals surface area contributed by atoms with Crippen LogP contribution in [0, 0.1) is 0 Å². The number of carbonyl (C=O) groups excluding carboxylic acids is 1. The Balaban J connectivity index is 4.54. The maximum atomic E-state index is 11.4. The van der Waals surface area contributed by atoms with E-state index in [1.807, 2.05) is 6.26 Å². The predicted octanol–water partition coefficient (Wildman–Crippen LogP) is -0.0001000. The summed E-state index contributed by atoms with van der Waals surface area (Å²) in [5, 5.41) is 9.00. The Hall–Kier alpha value is -0.750. The molecule has 3 N–H and O–H groups in total. The van der Waals surface area contributed by atoms with Crippen LogP contribution < -0.4 is 5.73 Å². The van der Waals surface area contributed by atoms with Crippen LogP contribution in [0.15, 0.2) is 0 Å². The van der Waals surface area contributed by atoms with Gasteiger partial charge in [-0.3, -0.25) is 4.79 Å². The summed E-state index contributed by atoms with van der Waals surface area (Å²) in [7, 11) is 0. The molecule has 88 valence electrons. The second kappa shape index (κ2) is 7.53. The van der Waals surface area contributed by atoms with Crippen molar-refractivity contribution >= 4 is 23.6 Å². The molecule has 0 aliphatic carbocycles. The summed E-state index contributed by atoms with van der Waals surface area (Å²) in [5.41, 5.74) is 5.23. The van der Waals surface area contributed by atoms with Crippen LogP contribution in [-0.4, -0.2) is 53.0 Å². The van der Waals surface area contributed by atoms with E-state index < -0.39 is 12.0 Å². The van der Waals surface area contributed by atoms with Crippen molar-refractivity contribution in [2.45, 2.75) is 19.4 Å². The molecule has 0 aromatic heterocycles. The molecule has 0 aliphatic rings. The van der Waals surface area contributed by atoms with Gasteiger partial charge in [-0.1, -0.05) is 0 Å². The highest BCUT2D eigenvalue weighted by atomic mass is 32.2. The molecule has 0 aromatic carbocycles. The van der Waals surface area contributed by atoms with Gasteiger partial charge in [0.05, 0.1) is 6.54 Å². The topological polar surface area (TPSA) is 83.6 Å². The number of likely N-dealkylation sites (N-methyl/N-ethyl adjacent to an activating group) is 1. The van der Waals surface area contributed by atoms with E-state index in [1.165, 1.54) is 4.90 Å². The van der Waals surface area contributed by atoms with E-state index in [0.717, 1.165) is 0 Å². The highest BCUT2D eigenvalue weighted by Crippen LogP contribution is 2.09. The number of aliphatic carboxylic acids is 1. The van der Waals surface area contributed by atoms with Gasteiger partial charge in [0.15, 0.2) is 0 Å². The monoisotopic (exact) mass is 234 g/mol.